The van der Waals surface area contributed by atoms with Gasteiger partial charge in [0.15, 0.2) is 5.82 Å². The number of carbonyl (C=O) groups is 1. The zero-order valence-corrected chi connectivity index (χ0v) is 20.7. The number of anilines is 2. The van der Waals surface area contributed by atoms with Crippen LogP contribution < -0.4 is 10.1 Å². The third kappa shape index (κ3) is 5.27. The molecule has 0 spiro atoms. The molecular formula is C25H26F2N8O2. The van der Waals surface area contributed by atoms with Crippen molar-refractivity contribution >= 4 is 17.7 Å². The van der Waals surface area contributed by atoms with Crippen molar-refractivity contribution in [3.63, 3.8) is 0 Å². The Morgan fingerprint density at radius 1 is 1.22 bits per heavy atom. The summed E-state index contributed by atoms with van der Waals surface area (Å²) < 4.78 is 33.3. The summed E-state index contributed by atoms with van der Waals surface area (Å²) in [4.78, 5) is 22.7. The number of hydrogen-bond acceptors (Lipinski definition) is 7. The highest BCUT2D eigenvalue weighted by Crippen LogP contribution is 2.36. The third-order valence-electron chi connectivity index (χ3n) is 6.14. The average molecular weight is 509 g/mol. The van der Waals surface area contributed by atoms with Crippen LogP contribution in [-0.2, 0) is 37.6 Å². The summed E-state index contributed by atoms with van der Waals surface area (Å²) in [5, 5.41) is 12.2. The largest absolute Gasteiger partial charge is 0.435 e. The van der Waals surface area contributed by atoms with Crippen molar-refractivity contribution in [3.05, 3.63) is 65.2 Å². The Morgan fingerprint density at radius 2 is 2.05 bits per heavy atom. The van der Waals surface area contributed by atoms with Crippen LogP contribution in [0.4, 0.5) is 20.5 Å². The van der Waals surface area contributed by atoms with E-state index in [-0.39, 0.29) is 18.2 Å². The van der Waals surface area contributed by atoms with Crippen molar-refractivity contribution in [2.75, 3.05) is 19.4 Å². The van der Waals surface area contributed by atoms with Crippen molar-refractivity contribution in [2.45, 2.75) is 32.4 Å². The summed E-state index contributed by atoms with van der Waals surface area (Å²) in [6.07, 6.45) is 5.50. The van der Waals surface area contributed by atoms with Crippen molar-refractivity contribution in [1.82, 2.24) is 34.4 Å². The highest BCUT2D eigenvalue weighted by molar-refractivity contribution is 5.75. The second kappa shape index (κ2) is 9.96. The number of nitrogens with one attached hydrogen (secondary N) is 1. The van der Waals surface area contributed by atoms with Gasteiger partial charge in [0.1, 0.15) is 12.3 Å². The number of fused-ring (bicyclic) bond motifs is 3. The highest BCUT2D eigenvalue weighted by Gasteiger charge is 2.26. The SMILES string of the molecule is CN(C)C(=O)Cn1ccc(Nc2ncc3c(n2)-c2c(nn(C)c2Cc2cccc(OC(F)F)c2)CC3)n1. The van der Waals surface area contributed by atoms with E-state index in [2.05, 4.69) is 20.1 Å². The van der Waals surface area contributed by atoms with Crippen LogP contribution in [0.25, 0.3) is 11.3 Å². The Morgan fingerprint density at radius 3 is 2.84 bits per heavy atom. The van der Waals surface area contributed by atoms with Gasteiger partial charge in [-0.1, -0.05) is 12.1 Å². The molecule has 3 heterocycles. The maximum Gasteiger partial charge on any atom is 0.387 e. The van der Waals surface area contributed by atoms with Gasteiger partial charge in [0.2, 0.25) is 11.9 Å². The van der Waals surface area contributed by atoms with Crippen LogP contribution in [0.3, 0.4) is 0 Å². The van der Waals surface area contributed by atoms with E-state index in [1.54, 1.807) is 49.4 Å². The number of ether oxygens (including phenoxy) is 1. The fourth-order valence-corrected chi connectivity index (χ4v) is 4.33. The second-order valence-corrected chi connectivity index (χ2v) is 8.97. The van der Waals surface area contributed by atoms with E-state index in [0.717, 1.165) is 46.6 Å². The minimum atomic E-state index is -2.88. The molecule has 0 saturated carbocycles. The smallest absolute Gasteiger partial charge is 0.387 e. The first-order valence-corrected chi connectivity index (χ1v) is 11.7. The molecule has 5 rings (SSSR count). The van der Waals surface area contributed by atoms with Crippen LogP contribution in [0.5, 0.6) is 5.75 Å². The number of benzene rings is 1. The molecule has 1 aromatic carbocycles. The number of hydrogen-bond donors (Lipinski definition) is 1. The lowest BCUT2D eigenvalue weighted by Gasteiger charge is -2.17. The first-order valence-electron chi connectivity index (χ1n) is 11.7. The molecule has 0 saturated heterocycles. The van der Waals surface area contributed by atoms with Gasteiger partial charge in [-0.15, -0.1) is 0 Å². The number of alkyl halides is 2. The van der Waals surface area contributed by atoms with Gasteiger partial charge in [-0.25, -0.2) is 9.97 Å². The van der Waals surface area contributed by atoms with Gasteiger partial charge in [-0.3, -0.25) is 14.2 Å². The van der Waals surface area contributed by atoms with Gasteiger partial charge in [0.05, 0.1) is 17.1 Å². The molecule has 1 aliphatic rings. The first kappa shape index (κ1) is 24.3. The zero-order valence-electron chi connectivity index (χ0n) is 20.7. The molecule has 1 N–H and O–H groups in total. The molecular weight excluding hydrogens is 482 g/mol. The molecule has 192 valence electrons. The molecule has 1 aliphatic carbocycles. The number of carbonyl (C=O) groups excluding carboxylic acids is 1. The van der Waals surface area contributed by atoms with Crippen LogP contribution in [0.15, 0.2) is 42.7 Å². The Labute approximate surface area is 211 Å². The lowest BCUT2D eigenvalue weighted by molar-refractivity contribution is -0.129. The normalized spacial score (nSPS) is 12.3. The Balaban J connectivity index is 1.42. The monoisotopic (exact) mass is 508 g/mol. The molecule has 0 unspecified atom stereocenters. The van der Waals surface area contributed by atoms with Gasteiger partial charge in [-0.2, -0.15) is 19.0 Å². The molecule has 0 aliphatic heterocycles. The predicted octanol–water partition coefficient (Wildman–Crippen LogP) is 3.20. The summed E-state index contributed by atoms with van der Waals surface area (Å²) in [6.45, 7) is -2.75. The molecule has 10 nitrogen and oxygen atoms in total. The van der Waals surface area contributed by atoms with E-state index in [9.17, 15) is 13.6 Å². The fraction of sp³-hybridized carbons (Fsp3) is 0.320. The van der Waals surface area contributed by atoms with E-state index >= 15 is 0 Å². The van der Waals surface area contributed by atoms with Crippen LogP contribution >= 0.6 is 0 Å². The summed E-state index contributed by atoms with van der Waals surface area (Å²) >= 11 is 0. The molecule has 1 amide bonds. The lowest BCUT2D eigenvalue weighted by Crippen LogP contribution is -2.26. The van der Waals surface area contributed by atoms with Crippen molar-refractivity contribution in [3.8, 4) is 17.0 Å². The standard InChI is InChI=1S/C25H26F2N8O2/c1-33(2)21(36)14-35-10-9-20(32-35)29-25-28-13-16-7-8-18-22(23(16)30-25)19(34(3)31-18)12-15-5-4-6-17(11-15)37-24(26)27/h4-6,9-11,13,24H,7-8,12,14H2,1-3H3,(H,28,29,30,32). The Bertz CT molecular complexity index is 1450. The maximum absolute atomic E-state index is 12.7. The number of likely N-dealkylation sites (N-methyl/N-ethyl adjacent to an activating group) is 1. The van der Waals surface area contributed by atoms with Gasteiger partial charge in [0, 0.05) is 51.6 Å². The van der Waals surface area contributed by atoms with E-state index in [1.807, 2.05) is 17.8 Å². The van der Waals surface area contributed by atoms with Gasteiger partial charge >= 0.3 is 6.61 Å². The van der Waals surface area contributed by atoms with Crippen molar-refractivity contribution in [2.24, 2.45) is 7.05 Å². The van der Waals surface area contributed by atoms with E-state index in [0.29, 0.717) is 18.2 Å². The van der Waals surface area contributed by atoms with Gasteiger partial charge in [-0.05, 0) is 36.1 Å². The highest BCUT2D eigenvalue weighted by atomic mass is 19.3. The van der Waals surface area contributed by atoms with E-state index in [4.69, 9.17) is 10.1 Å². The minimum Gasteiger partial charge on any atom is -0.435 e. The first-order chi connectivity index (χ1) is 17.8. The number of rotatable bonds is 8. The fourth-order valence-electron chi connectivity index (χ4n) is 4.33. The topological polar surface area (TPSA) is 103 Å². The van der Waals surface area contributed by atoms with E-state index < -0.39 is 6.61 Å². The molecule has 4 aromatic rings. The van der Waals surface area contributed by atoms with Crippen molar-refractivity contribution < 1.29 is 18.3 Å². The van der Waals surface area contributed by atoms with Crippen LogP contribution in [0.1, 0.15) is 22.5 Å². The van der Waals surface area contributed by atoms with Crippen molar-refractivity contribution in [1.29, 1.82) is 0 Å². The van der Waals surface area contributed by atoms with Crippen LogP contribution in [-0.4, -0.2) is 61.0 Å². The molecule has 3 aromatic heterocycles. The average Bonchev–Trinajstić information content (AvgIpc) is 3.42. The molecule has 0 bridgehead atoms. The lowest BCUT2D eigenvalue weighted by atomic mass is 9.91. The van der Waals surface area contributed by atoms with Gasteiger partial charge in [0.25, 0.3) is 0 Å². The molecule has 12 heteroatoms. The van der Waals surface area contributed by atoms with E-state index in [1.165, 1.54) is 11.0 Å². The van der Waals surface area contributed by atoms with Crippen LogP contribution in [0.2, 0.25) is 0 Å². The molecule has 0 fully saturated rings. The molecule has 37 heavy (non-hydrogen) atoms. The molecule has 0 atom stereocenters. The second-order valence-electron chi connectivity index (χ2n) is 8.97. The maximum atomic E-state index is 12.7. The predicted molar refractivity (Wildman–Crippen MR) is 132 cm³/mol. The summed E-state index contributed by atoms with van der Waals surface area (Å²) in [6, 6.07) is 8.43. The molecule has 0 radical (unpaired) electrons. The minimum absolute atomic E-state index is 0.0670. The Hall–Kier alpha value is -4.35. The summed E-state index contributed by atoms with van der Waals surface area (Å²) in [5.41, 5.74) is 5.38. The van der Waals surface area contributed by atoms with Gasteiger partial charge < -0.3 is 15.0 Å². The number of halogens is 2. The Kier molecular flexibility index (Phi) is 6.55. The number of aromatic nitrogens is 6. The summed E-state index contributed by atoms with van der Waals surface area (Å²) in [5.74, 6) is 0.940. The summed E-state index contributed by atoms with van der Waals surface area (Å²) in [7, 11) is 5.26. The number of nitrogens with zero attached hydrogens (tertiary/aromatic N) is 7. The van der Waals surface area contributed by atoms with Crippen LogP contribution in [0, 0.1) is 0 Å². The zero-order chi connectivity index (χ0) is 26.1. The number of amides is 1. The third-order valence-corrected chi connectivity index (χ3v) is 6.14. The number of aryl methyl sites for hydroxylation is 3. The quantitative estimate of drug-likeness (QED) is 0.390.